The maximum absolute atomic E-state index is 13.5. The molecule has 3 rings (SSSR count). The third-order valence-electron chi connectivity index (χ3n) is 3.93. The van der Waals surface area contributed by atoms with Gasteiger partial charge < -0.3 is 4.74 Å². The Labute approximate surface area is 104 Å². The van der Waals surface area contributed by atoms with Crippen molar-refractivity contribution in [1.82, 2.24) is 0 Å². The largest absolute Gasteiger partial charge is 0.374 e. The van der Waals surface area contributed by atoms with Gasteiger partial charge in [-0.05, 0) is 31.4 Å². The van der Waals surface area contributed by atoms with Crippen LogP contribution in [-0.4, -0.2) is 18.0 Å². The highest BCUT2D eigenvalue weighted by molar-refractivity contribution is 5.84. The molecule has 18 heavy (non-hydrogen) atoms. The van der Waals surface area contributed by atoms with Crippen LogP contribution in [0.4, 0.5) is 8.78 Å². The summed E-state index contributed by atoms with van der Waals surface area (Å²) in [5.41, 5.74) is -0.120. The number of rotatable bonds is 3. The minimum absolute atomic E-state index is 0.0302. The number of halogens is 2. The third-order valence-corrected chi connectivity index (χ3v) is 3.93. The van der Waals surface area contributed by atoms with E-state index in [4.69, 9.17) is 4.74 Å². The molecule has 0 aliphatic carbocycles. The van der Waals surface area contributed by atoms with Crippen LogP contribution in [0.1, 0.15) is 24.8 Å². The molecule has 3 unspecified atom stereocenters. The molecular weight excluding hydrogens is 238 g/mol. The lowest BCUT2D eigenvalue weighted by atomic mass is 9.84. The number of benzene rings is 1. The molecule has 1 aromatic rings. The lowest BCUT2D eigenvalue weighted by Gasteiger charge is -2.17. The maximum atomic E-state index is 13.5. The predicted octanol–water partition coefficient (Wildman–Crippen LogP) is 2.64. The Bertz CT molecular complexity index is 466. The zero-order chi connectivity index (χ0) is 12.7. The summed E-state index contributed by atoms with van der Waals surface area (Å²) in [4.78, 5) is 12.1. The molecule has 4 heteroatoms. The summed E-state index contributed by atoms with van der Waals surface area (Å²) >= 11 is 0. The van der Waals surface area contributed by atoms with E-state index in [0.717, 1.165) is 12.8 Å². The minimum Gasteiger partial charge on any atom is -0.374 e. The van der Waals surface area contributed by atoms with E-state index in [1.807, 2.05) is 0 Å². The Hall–Kier alpha value is -1.29. The van der Waals surface area contributed by atoms with Crippen molar-refractivity contribution < 1.29 is 18.3 Å². The molecule has 0 saturated carbocycles. The highest BCUT2D eigenvalue weighted by atomic mass is 19.1. The number of fused-ring (bicyclic) bond motifs is 2. The van der Waals surface area contributed by atoms with Gasteiger partial charge in [0.15, 0.2) is 0 Å². The van der Waals surface area contributed by atoms with E-state index in [9.17, 15) is 13.6 Å². The Morgan fingerprint density at radius 1 is 1.28 bits per heavy atom. The molecule has 2 bridgehead atoms. The molecule has 3 atom stereocenters. The molecule has 0 aromatic heterocycles. The maximum Gasteiger partial charge on any atom is 0.143 e. The number of carbonyl (C=O) groups is 1. The van der Waals surface area contributed by atoms with Crippen molar-refractivity contribution in [2.24, 2.45) is 5.92 Å². The molecule has 0 radical (unpaired) electrons. The minimum atomic E-state index is -0.646. The molecular formula is C14H14F2O2. The first-order valence-corrected chi connectivity index (χ1v) is 6.26. The molecule has 0 amide bonds. The van der Waals surface area contributed by atoms with E-state index in [0.29, 0.717) is 6.42 Å². The molecule has 1 aromatic carbocycles. The highest BCUT2D eigenvalue weighted by Crippen LogP contribution is 2.39. The number of ketones is 1. The number of hydrogen-bond donors (Lipinski definition) is 0. The van der Waals surface area contributed by atoms with E-state index >= 15 is 0 Å². The van der Waals surface area contributed by atoms with Gasteiger partial charge in [-0.15, -0.1) is 0 Å². The van der Waals surface area contributed by atoms with Gasteiger partial charge in [-0.25, -0.2) is 8.78 Å². The normalized spacial score (nSPS) is 29.8. The fourth-order valence-electron chi connectivity index (χ4n) is 2.98. The highest BCUT2D eigenvalue weighted by Gasteiger charge is 2.44. The predicted molar refractivity (Wildman–Crippen MR) is 61.1 cm³/mol. The van der Waals surface area contributed by atoms with Gasteiger partial charge in [0, 0.05) is 17.9 Å². The Morgan fingerprint density at radius 3 is 2.56 bits per heavy atom. The Kier molecular flexibility index (Phi) is 2.90. The van der Waals surface area contributed by atoms with Crippen LogP contribution in [0.15, 0.2) is 18.2 Å². The van der Waals surface area contributed by atoms with Crippen molar-refractivity contribution in [1.29, 1.82) is 0 Å². The molecule has 2 aliphatic rings. The summed E-state index contributed by atoms with van der Waals surface area (Å²) in [5.74, 6) is -1.58. The van der Waals surface area contributed by atoms with Gasteiger partial charge in [-0.3, -0.25) is 4.79 Å². The smallest absolute Gasteiger partial charge is 0.143 e. The van der Waals surface area contributed by atoms with E-state index in [2.05, 4.69) is 0 Å². The summed E-state index contributed by atoms with van der Waals surface area (Å²) < 4.78 is 32.5. The van der Waals surface area contributed by atoms with Crippen LogP contribution in [-0.2, 0) is 16.0 Å². The summed E-state index contributed by atoms with van der Waals surface area (Å²) in [7, 11) is 0. The summed E-state index contributed by atoms with van der Waals surface area (Å²) in [6.07, 6.45) is 2.57. The van der Waals surface area contributed by atoms with Gasteiger partial charge in [-0.2, -0.15) is 0 Å². The molecule has 2 heterocycles. The van der Waals surface area contributed by atoms with Gasteiger partial charge in [0.25, 0.3) is 0 Å². The van der Waals surface area contributed by atoms with Crippen molar-refractivity contribution >= 4 is 5.78 Å². The summed E-state index contributed by atoms with van der Waals surface area (Å²) in [6, 6.07) is 3.67. The van der Waals surface area contributed by atoms with E-state index in [-0.39, 0.29) is 35.9 Å². The molecule has 2 saturated heterocycles. The quantitative estimate of drug-likeness (QED) is 0.826. The molecule has 0 spiro atoms. The van der Waals surface area contributed by atoms with Gasteiger partial charge in [0.2, 0.25) is 0 Å². The van der Waals surface area contributed by atoms with Crippen molar-refractivity contribution in [2.75, 3.05) is 0 Å². The van der Waals surface area contributed by atoms with Crippen LogP contribution in [0.2, 0.25) is 0 Å². The lowest BCUT2D eigenvalue weighted by Crippen LogP contribution is -2.27. The fourth-order valence-corrected chi connectivity index (χ4v) is 2.98. The average molecular weight is 252 g/mol. The SMILES string of the molecule is O=C(Cc1c(F)cccc1F)C1CC2CCC1O2. The zero-order valence-electron chi connectivity index (χ0n) is 9.86. The molecule has 2 nitrogen and oxygen atoms in total. The molecule has 0 N–H and O–H groups in total. The van der Waals surface area contributed by atoms with Crippen LogP contribution in [0, 0.1) is 17.6 Å². The van der Waals surface area contributed by atoms with E-state index in [1.165, 1.54) is 18.2 Å². The van der Waals surface area contributed by atoms with Crippen molar-refractivity contribution in [3.8, 4) is 0 Å². The van der Waals surface area contributed by atoms with Gasteiger partial charge in [0.1, 0.15) is 17.4 Å². The van der Waals surface area contributed by atoms with Gasteiger partial charge >= 0.3 is 0 Å². The summed E-state index contributed by atoms with van der Waals surface area (Å²) in [6.45, 7) is 0. The second-order valence-electron chi connectivity index (χ2n) is 5.06. The molecule has 96 valence electrons. The van der Waals surface area contributed by atoms with Crippen LogP contribution in [0.25, 0.3) is 0 Å². The first kappa shape index (κ1) is 11.8. The number of carbonyl (C=O) groups excluding carboxylic acids is 1. The topological polar surface area (TPSA) is 26.3 Å². The Morgan fingerprint density at radius 2 is 2.00 bits per heavy atom. The number of ether oxygens (including phenoxy) is 1. The first-order chi connectivity index (χ1) is 8.65. The van der Waals surface area contributed by atoms with Crippen LogP contribution in [0.5, 0.6) is 0 Å². The zero-order valence-corrected chi connectivity index (χ0v) is 9.86. The average Bonchev–Trinajstić information content (AvgIpc) is 2.96. The second-order valence-corrected chi connectivity index (χ2v) is 5.06. The lowest BCUT2D eigenvalue weighted by molar-refractivity contribution is -0.123. The van der Waals surface area contributed by atoms with Crippen molar-refractivity contribution in [3.63, 3.8) is 0 Å². The first-order valence-electron chi connectivity index (χ1n) is 6.26. The van der Waals surface area contributed by atoms with Crippen LogP contribution < -0.4 is 0 Å². The Balaban J connectivity index is 1.75. The van der Waals surface area contributed by atoms with E-state index < -0.39 is 11.6 Å². The summed E-state index contributed by atoms with van der Waals surface area (Å²) in [5, 5.41) is 0. The van der Waals surface area contributed by atoms with Crippen LogP contribution >= 0.6 is 0 Å². The number of hydrogen-bond acceptors (Lipinski definition) is 2. The molecule has 2 aliphatic heterocycles. The van der Waals surface area contributed by atoms with Crippen LogP contribution in [0.3, 0.4) is 0 Å². The van der Waals surface area contributed by atoms with Crippen molar-refractivity contribution in [2.45, 2.75) is 37.9 Å². The number of Topliss-reactive ketones (excluding diaryl/α,β-unsaturated/α-hetero) is 1. The second kappa shape index (κ2) is 4.43. The van der Waals surface area contributed by atoms with Crippen molar-refractivity contribution in [3.05, 3.63) is 35.4 Å². The monoisotopic (exact) mass is 252 g/mol. The standard InChI is InChI=1S/C14H14F2O2/c15-11-2-1-3-12(16)9(11)7-13(17)10-6-8-4-5-14(10)18-8/h1-3,8,10,14H,4-7H2. The molecule has 2 fully saturated rings. The van der Waals surface area contributed by atoms with Gasteiger partial charge in [0.05, 0.1) is 12.2 Å². The van der Waals surface area contributed by atoms with E-state index in [1.54, 1.807) is 0 Å². The third kappa shape index (κ3) is 1.94. The fraction of sp³-hybridized carbons (Fsp3) is 0.500. The van der Waals surface area contributed by atoms with Gasteiger partial charge in [-0.1, -0.05) is 6.07 Å².